The van der Waals surface area contributed by atoms with Gasteiger partial charge in [0.25, 0.3) is 0 Å². The normalized spacial score (nSPS) is 11.7. The SMILES string of the molecule is Brc1ccc2c(c1)[nH]c1cc(Br)c3ccccc3c12. The lowest BCUT2D eigenvalue weighted by molar-refractivity contribution is 1.54. The van der Waals surface area contributed by atoms with Crippen molar-refractivity contribution in [3.05, 3.63) is 57.5 Å². The predicted octanol–water partition coefficient (Wildman–Crippen LogP) is 6.00. The van der Waals surface area contributed by atoms with E-state index in [1.807, 2.05) is 0 Å². The van der Waals surface area contributed by atoms with Gasteiger partial charge in [0.05, 0.1) is 0 Å². The molecule has 1 N–H and O–H groups in total. The molecule has 0 spiro atoms. The van der Waals surface area contributed by atoms with Crippen LogP contribution in [0.15, 0.2) is 57.5 Å². The van der Waals surface area contributed by atoms with Gasteiger partial charge in [0, 0.05) is 30.8 Å². The summed E-state index contributed by atoms with van der Waals surface area (Å²) in [6.07, 6.45) is 0. The zero-order valence-corrected chi connectivity index (χ0v) is 13.0. The van der Waals surface area contributed by atoms with Crippen LogP contribution in [-0.4, -0.2) is 4.98 Å². The summed E-state index contributed by atoms with van der Waals surface area (Å²) in [5.41, 5.74) is 2.33. The molecule has 0 saturated carbocycles. The molecular formula is C16H9Br2N. The first-order chi connectivity index (χ1) is 9.24. The van der Waals surface area contributed by atoms with Crippen LogP contribution in [0.2, 0.25) is 0 Å². The number of aromatic amines is 1. The molecule has 19 heavy (non-hydrogen) atoms. The van der Waals surface area contributed by atoms with E-state index in [-0.39, 0.29) is 0 Å². The first kappa shape index (κ1) is 11.5. The molecule has 0 amide bonds. The Morgan fingerprint density at radius 1 is 0.737 bits per heavy atom. The van der Waals surface area contributed by atoms with Crippen LogP contribution in [0.4, 0.5) is 0 Å². The van der Waals surface area contributed by atoms with Gasteiger partial charge in [-0.25, -0.2) is 0 Å². The standard InChI is InChI=1S/C16H9Br2N/c17-9-5-6-12-14(7-9)19-15-8-13(18)10-3-1-2-4-11(10)16(12)15/h1-8,19H. The van der Waals surface area contributed by atoms with Crippen LogP contribution in [0, 0.1) is 0 Å². The van der Waals surface area contributed by atoms with E-state index in [1.165, 1.54) is 27.1 Å². The molecule has 0 atom stereocenters. The summed E-state index contributed by atoms with van der Waals surface area (Å²) in [5.74, 6) is 0. The fourth-order valence-electron chi connectivity index (χ4n) is 2.70. The Kier molecular flexibility index (Phi) is 2.47. The van der Waals surface area contributed by atoms with Crippen molar-refractivity contribution in [2.75, 3.05) is 0 Å². The summed E-state index contributed by atoms with van der Waals surface area (Å²) >= 11 is 7.19. The van der Waals surface area contributed by atoms with Crippen LogP contribution in [-0.2, 0) is 0 Å². The Labute approximate surface area is 126 Å². The number of H-pyrrole nitrogens is 1. The molecule has 1 aromatic heterocycles. The second kappa shape index (κ2) is 4.09. The lowest BCUT2D eigenvalue weighted by Gasteiger charge is -2.03. The Hall–Kier alpha value is -1.32. The Morgan fingerprint density at radius 3 is 2.37 bits per heavy atom. The fraction of sp³-hybridized carbons (Fsp3) is 0. The molecule has 3 aromatic carbocycles. The highest BCUT2D eigenvalue weighted by Gasteiger charge is 2.10. The van der Waals surface area contributed by atoms with Crippen molar-refractivity contribution in [1.29, 1.82) is 0 Å². The van der Waals surface area contributed by atoms with Crippen LogP contribution >= 0.6 is 31.9 Å². The largest absolute Gasteiger partial charge is 0.354 e. The molecule has 3 heteroatoms. The van der Waals surface area contributed by atoms with Crippen LogP contribution in [0.25, 0.3) is 32.6 Å². The number of hydrogen-bond acceptors (Lipinski definition) is 0. The quantitative estimate of drug-likeness (QED) is 0.388. The number of hydrogen-bond donors (Lipinski definition) is 1. The number of rotatable bonds is 0. The van der Waals surface area contributed by atoms with Crippen molar-refractivity contribution in [3.8, 4) is 0 Å². The van der Waals surface area contributed by atoms with E-state index in [9.17, 15) is 0 Å². The minimum Gasteiger partial charge on any atom is -0.354 e. The van der Waals surface area contributed by atoms with Gasteiger partial charge < -0.3 is 4.98 Å². The van der Waals surface area contributed by atoms with Crippen molar-refractivity contribution in [1.82, 2.24) is 4.98 Å². The van der Waals surface area contributed by atoms with Crippen LogP contribution in [0.1, 0.15) is 0 Å². The maximum absolute atomic E-state index is 3.66. The molecule has 1 heterocycles. The molecule has 4 rings (SSSR count). The minimum absolute atomic E-state index is 1.09. The van der Waals surface area contributed by atoms with Crippen molar-refractivity contribution < 1.29 is 0 Å². The van der Waals surface area contributed by atoms with E-state index in [0.717, 1.165) is 14.5 Å². The topological polar surface area (TPSA) is 15.8 Å². The molecule has 0 fully saturated rings. The first-order valence-electron chi connectivity index (χ1n) is 6.02. The summed E-state index contributed by atoms with van der Waals surface area (Å²) in [6.45, 7) is 0. The molecule has 1 nitrogen and oxygen atoms in total. The van der Waals surface area contributed by atoms with Gasteiger partial charge in [-0.1, -0.05) is 62.2 Å². The van der Waals surface area contributed by atoms with E-state index < -0.39 is 0 Å². The number of benzene rings is 3. The average molecular weight is 375 g/mol. The highest BCUT2D eigenvalue weighted by atomic mass is 79.9. The zero-order chi connectivity index (χ0) is 13.0. The monoisotopic (exact) mass is 373 g/mol. The van der Waals surface area contributed by atoms with Gasteiger partial charge in [-0.2, -0.15) is 0 Å². The van der Waals surface area contributed by atoms with Crippen molar-refractivity contribution in [3.63, 3.8) is 0 Å². The highest BCUT2D eigenvalue weighted by molar-refractivity contribution is 9.11. The van der Waals surface area contributed by atoms with Gasteiger partial charge in [0.15, 0.2) is 0 Å². The number of nitrogens with one attached hydrogen (secondary N) is 1. The van der Waals surface area contributed by atoms with Gasteiger partial charge in [-0.05, 0) is 29.0 Å². The maximum atomic E-state index is 3.66. The summed E-state index contributed by atoms with van der Waals surface area (Å²) in [5, 5.41) is 5.09. The zero-order valence-electron chi connectivity index (χ0n) is 9.87. The number of halogens is 2. The van der Waals surface area contributed by atoms with Crippen LogP contribution < -0.4 is 0 Å². The Morgan fingerprint density at radius 2 is 1.53 bits per heavy atom. The predicted molar refractivity (Wildman–Crippen MR) is 88.7 cm³/mol. The van der Waals surface area contributed by atoms with Crippen molar-refractivity contribution in [2.45, 2.75) is 0 Å². The molecule has 0 saturated heterocycles. The first-order valence-corrected chi connectivity index (χ1v) is 7.61. The summed E-state index contributed by atoms with van der Waals surface area (Å²) < 4.78 is 2.22. The molecule has 92 valence electrons. The van der Waals surface area contributed by atoms with Crippen LogP contribution in [0.3, 0.4) is 0 Å². The van der Waals surface area contributed by atoms with Crippen molar-refractivity contribution >= 4 is 64.4 Å². The van der Waals surface area contributed by atoms with Gasteiger partial charge in [-0.15, -0.1) is 0 Å². The van der Waals surface area contributed by atoms with E-state index >= 15 is 0 Å². The summed E-state index contributed by atoms with van der Waals surface area (Å²) in [6, 6.07) is 17.0. The smallest absolute Gasteiger partial charge is 0.0482 e. The molecule has 0 unspecified atom stereocenters. The minimum atomic E-state index is 1.09. The van der Waals surface area contributed by atoms with Gasteiger partial charge in [0.1, 0.15) is 0 Å². The van der Waals surface area contributed by atoms with Gasteiger partial charge in [0.2, 0.25) is 0 Å². The van der Waals surface area contributed by atoms with E-state index in [4.69, 9.17) is 0 Å². The third-order valence-corrected chi connectivity index (χ3v) is 4.66. The molecule has 0 bridgehead atoms. The number of aromatic nitrogens is 1. The van der Waals surface area contributed by atoms with Crippen LogP contribution in [0.5, 0.6) is 0 Å². The Bertz CT molecular complexity index is 938. The van der Waals surface area contributed by atoms with E-state index in [2.05, 4.69) is 85.4 Å². The Balaban J connectivity index is 2.34. The molecule has 0 radical (unpaired) electrons. The lowest BCUT2D eigenvalue weighted by Crippen LogP contribution is -1.76. The molecule has 0 aliphatic carbocycles. The lowest BCUT2D eigenvalue weighted by atomic mass is 10.0. The van der Waals surface area contributed by atoms with Gasteiger partial charge in [-0.3, -0.25) is 0 Å². The third-order valence-electron chi connectivity index (χ3n) is 3.51. The van der Waals surface area contributed by atoms with Gasteiger partial charge >= 0.3 is 0 Å². The van der Waals surface area contributed by atoms with E-state index in [1.54, 1.807) is 0 Å². The molecule has 0 aliphatic rings. The maximum Gasteiger partial charge on any atom is 0.0482 e. The summed E-state index contributed by atoms with van der Waals surface area (Å²) in [4.78, 5) is 3.49. The molecule has 0 aliphatic heterocycles. The fourth-order valence-corrected chi connectivity index (χ4v) is 3.64. The summed E-state index contributed by atoms with van der Waals surface area (Å²) in [7, 11) is 0. The molecular weight excluding hydrogens is 366 g/mol. The average Bonchev–Trinajstić information content (AvgIpc) is 2.76. The second-order valence-electron chi connectivity index (χ2n) is 4.64. The van der Waals surface area contributed by atoms with Crippen molar-refractivity contribution in [2.24, 2.45) is 0 Å². The highest BCUT2D eigenvalue weighted by Crippen LogP contribution is 2.36. The number of fused-ring (bicyclic) bond motifs is 5. The second-order valence-corrected chi connectivity index (χ2v) is 6.41. The molecule has 4 aromatic rings. The third kappa shape index (κ3) is 1.65. The van der Waals surface area contributed by atoms with E-state index in [0.29, 0.717) is 0 Å².